The van der Waals surface area contributed by atoms with Gasteiger partial charge in [0.25, 0.3) is 22.2 Å². The molecule has 6 aliphatic heterocycles. The number of carbonyl (C=O) groups excluding carboxylic acids is 1. The van der Waals surface area contributed by atoms with E-state index >= 15 is 0 Å². The average Bonchev–Trinajstić information content (AvgIpc) is 1.62. The van der Waals surface area contributed by atoms with Gasteiger partial charge in [0.2, 0.25) is 17.8 Å². The molecule has 5 saturated heterocycles. The van der Waals surface area contributed by atoms with Gasteiger partial charge in [0.05, 0.1) is 88.0 Å². The van der Waals surface area contributed by atoms with Crippen molar-refractivity contribution in [1.29, 1.82) is 0 Å². The molecular weight excluding hydrogens is 1660 g/mol. The molecule has 6 aromatic heterocycles. The number of nitrogen functional groups attached to an aromatic ring is 3. The van der Waals surface area contributed by atoms with Gasteiger partial charge in [-0.1, -0.05) is 61.1 Å². The smallest absolute Gasteiger partial charge is 0.351 e. The monoisotopic (exact) mass is 1730 g/mol. The first-order chi connectivity index (χ1) is 51.6. The van der Waals surface area contributed by atoms with E-state index in [4.69, 9.17) is 146 Å². The van der Waals surface area contributed by atoms with Crippen molar-refractivity contribution in [3.63, 3.8) is 0 Å². The van der Waals surface area contributed by atoms with Gasteiger partial charge in [-0.05, 0) is 52.0 Å². The van der Waals surface area contributed by atoms with Gasteiger partial charge < -0.3 is 118 Å². The lowest BCUT2D eigenvalue weighted by Gasteiger charge is -2.36. The first-order valence-corrected chi connectivity index (χ1v) is 46.2. The molecule has 0 bridgehead atoms. The van der Waals surface area contributed by atoms with Crippen LogP contribution < -0.4 is 81.0 Å². The fraction of sp³-hybridized carbons (Fsp3) is 0.607. The second kappa shape index (κ2) is 33.5. The number of nitrogens with zero attached hydrogens (tertiary/aromatic N) is 9. The third-order valence-electron chi connectivity index (χ3n) is 18.2. The van der Waals surface area contributed by atoms with Crippen LogP contribution >= 0.6 is 33.7 Å². The fourth-order valence-corrected chi connectivity index (χ4v) is 20.5. The zero-order chi connectivity index (χ0) is 79.6. The highest BCUT2D eigenvalue weighted by atomic mass is 32.7. The molecule has 20 atom stereocenters. The van der Waals surface area contributed by atoms with E-state index in [0.29, 0.717) is 6.42 Å². The van der Waals surface area contributed by atoms with E-state index in [0.717, 1.165) is 20.2 Å². The van der Waals surface area contributed by atoms with Crippen LogP contribution in [0, 0.1) is 25.7 Å². The molecular formula is C56H72N16O28P5S5-5. The zero-order valence-corrected chi connectivity index (χ0v) is 67.0. The highest BCUT2D eigenvalue weighted by Gasteiger charge is 2.49. The van der Waals surface area contributed by atoms with E-state index in [-0.39, 0.29) is 82.5 Å². The van der Waals surface area contributed by atoms with Crippen molar-refractivity contribution in [2.45, 2.75) is 172 Å². The van der Waals surface area contributed by atoms with Gasteiger partial charge in [0.15, 0.2) is 23.8 Å². The lowest BCUT2D eigenvalue weighted by Crippen LogP contribution is -2.39. The Balaban J connectivity index is 0.758. The van der Waals surface area contributed by atoms with Crippen LogP contribution in [0.25, 0.3) is 11.2 Å². The molecule has 6 aromatic rings. The van der Waals surface area contributed by atoms with Crippen molar-refractivity contribution in [3.8, 4) is 0 Å². The number of nitrogens with one attached hydrogen (secondary N) is 4. The molecule has 12 rings (SSSR count). The first kappa shape index (κ1) is 84.2. The highest BCUT2D eigenvalue weighted by molar-refractivity contribution is 8.32. The summed E-state index contributed by atoms with van der Waals surface area (Å²) in [6.45, 7) is -17.5. The lowest BCUT2D eigenvalue weighted by molar-refractivity contribution is -0.220. The number of aryl methyl sites for hydroxylation is 2. The SMILES string of the molecule is Cc1cn([C@H]2C[C@@H](OP([O-])(=S)OC[C@H]3O[C@@H](n4ccc(N)nc4=O)C[C@H]3C(C)C)[C@@H](COP(=O)([S-])O[C@@H]3C[C@H](n4cnc5c(=O)[nH]c(N)nc54)O[C@@H]3COP([O-])(=S)O[C@@H]3C[C@H](n4cc(C)c(=O)[nH]c4=O)O[C@@H]3COP([O-])(=S)O[C@@H]3C[C@H](N4C(=O)Cc5c4nc(N)[nH]c5=O)O[C@@H]3COP([O-])(=S)OC(C)C)O2)c(=O)[nH]c1=O. The first-order valence-electron chi connectivity index (χ1n) is 33.5. The summed E-state index contributed by atoms with van der Waals surface area (Å²) in [5, 5.41) is 0. The maximum absolute atomic E-state index is 14.7. The molecule has 1 amide bonds. The number of ether oxygens (including phenoxy) is 5. The molecule has 0 aliphatic carbocycles. The normalized spacial score (nSPS) is 29.1. The number of imidazole rings is 1. The molecule has 6 aliphatic rings. The zero-order valence-electron chi connectivity index (χ0n) is 58.4. The Kier molecular flexibility index (Phi) is 25.7. The molecule has 44 nitrogen and oxygen atoms in total. The van der Waals surface area contributed by atoms with Gasteiger partial charge in [-0.3, -0.25) is 71.6 Å². The maximum Gasteiger partial charge on any atom is 0.351 e. The number of H-pyrrole nitrogens is 4. The number of carbonyl (C=O) groups is 1. The van der Waals surface area contributed by atoms with Gasteiger partial charge >= 0.3 is 17.1 Å². The molecule has 54 heteroatoms. The Morgan fingerprint density at radius 3 is 1.50 bits per heavy atom. The standard InChI is InChI=1S/C56H77N16O28P5S5/c1-23(2)27-10-40(68-8-7-38(57)61-54(68)78)91-33(27)17-86-102(82,107)97-29-11-41(69-15-25(5)48(74)66-55(69)79)92-34(29)18-88-104(84,109)99-31-13-43(71-22-60-45-47(71)63-53(59)65-51(45)77)94-36(31)20-90-103(83,108)98-30-12-42(70-16-26(6)49(75)67-56(70)80)93-35(30)19-89-105(85,110)100-32-14-44(95-37(32)21-87-101(81,106)96-24(3)4)72-39(73)9-28-46(72)62-52(58)64-50(28)76/h7-8,15-16,22-24,27,29-37,40-44H,9-14,17-21H2,1-6H3,(H,81,106)(H,82,107)(H,83,108)(H,84,109)(H,85,110)(H2,57,61,78)(H,66,74,79)(H,67,75,80)(H3,58,62,64,76)(H3,59,63,65,77)/p-5/t27-,29+,30+,31+,32+,33+,34+,35+,36+,37+,40+,41+,42+,43+,44+,101?,102?,103?,104?,105?/m0/s1. The Bertz CT molecular complexity index is 5200. The van der Waals surface area contributed by atoms with Crippen LogP contribution in [-0.4, -0.2) is 164 Å². The second-order valence-corrected chi connectivity index (χ2v) is 40.2. The Labute approximate surface area is 645 Å². The summed E-state index contributed by atoms with van der Waals surface area (Å²) in [5.74, 6) is -1.79. The Morgan fingerprint density at radius 2 is 0.991 bits per heavy atom. The van der Waals surface area contributed by atoms with E-state index in [9.17, 15) is 62.5 Å². The van der Waals surface area contributed by atoms with Crippen molar-refractivity contribution in [2.75, 3.05) is 55.1 Å². The molecule has 10 N–H and O–H groups in total. The number of aromatic nitrogens is 12. The number of aromatic amines is 4. The number of anilines is 4. The van der Waals surface area contributed by atoms with Crippen LogP contribution in [0.2, 0.25) is 0 Å². The molecule has 0 spiro atoms. The Morgan fingerprint density at radius 1 is 0.555 bits per heavy atom. The van der Waals surface area contributed by atoms with Crippen LogP contribution in [0.4, 0.5) is 23.5 Å². The van der Waals surface area contributed by atoms with Crippen molar-refractivity contribution in [2.24, 2.45) is 11.8 Å². The van der Waals surface area contributed by atoms with Crippen molar-refractivity contribution in [1.82, 2.24) is 58.1 Å². The van der Waals surface area contributed by atoms with Crippen LogP contribution in [0.15, 0.2) is 64.5 Å². The van der Waals surface area contributed by atoms with Crippen LogP contribution in [0.1, 0.15) is 101 Å². The molecule has 110 heavy (non-hydrogen) atoms. The largest absolute Gasteiger partial charge is 0.780 e. The van der Waals surface area contributed by atoms with E-state index < -0.39 is 217 Å². The minimum atomic E-state index is -4.96. The molecule has 0 radical (unpaired) electrons. The van der Waals surface area contributed by atoms with Crippen LogP contribution in [0.5, 0.6) is 0 Å². The summed E-state index contributed by atoms with van der Waals surface area (Å²) in [6, 6.07) is 1.43. The van der Waals surface area contributed by atoms with Crippen molar-refractivity contribution >= 4 is 134 Å². The third kappa shape index (κ3) is 19.8. The van der Waals surface area contributed by atoms with Gasteiger partial charge in [-0.2, -0.15) is 15.0 Å². The predicted octanol–water partition coefficient (Wildman–Crippen LogP) is -1.91. The van der Waals surface area contributed by atoms with E-state index in [1.54, 1.807) is 13.8 Å². The number of hydrogen-bond acceptors (Lipinski definition) is 40. The quantitative estimate of drug-likeness (QED) is 0.0184. The number of fused-ring (bicyclic) bond motifs is 2. The van der Waals surface area contributed by atoms with Gasteiger partial charge in [0, 0.05) is 55.4 Å². The number of nitrogens with two attached hydrogens (primary N) is 3. The second-order valence-electron chi connectivity index (χ2n) is 26.6. The molecule has 0 aromatic carbocycles. The molecule has 12 heterocycles. The number of rotatable bonds is 31. The molecule has 5 fully saturated rings. The van der Waals surface area contributed by atoms with Crippen molar-refractivity contribution < 1.29 is 97.9 Å². The van der Waals surface area contributed by atoms with Gasteiger partial charge in [-0.25, -0.2) is 19.4 Å². The summed E-state index contributed by atoms with van der Waals surface area (Å²) in [7, 11) is 0. The van der Waals surface area contributed by atoms with E-state index in [2.05, 4.69) is 39.9 Å². The van der Waals surface area contributed by atoms with Gasteiger partial charge in [-0.15, -0.1) is 0 Å². The van der Waals surface area contributed by atoms with E-state index in [1.165, 1.54) is 47.8 Å². The maximum atomic E-state index is 14.7. The van der Waals surface area contributed by atoms with Gasteiger partial charge in [0.1, 0.15) is 88.2 Å². The fourth-order valence-electron chi connectivity index (χ4n) is 13.1. The molecule has 604 valence electrons. The number of hydrogen-bond donors (Lipinski definition) is 7. The Hall–Kier alpha value is -5.24. The summed E-state index contributed by atoms with van der Waals surface area (Å²) in [5.41, 5.74) is 11.8. The summed E-state index contributed by atoms with van der Waals surface area (Å²) < 4.78 is 108. The van der Waals surface area contributed by atoms with Crippen LogP contribution in [0.3, 0.4) is 0 Å². The molecule has 0 saturated carbocycles. The average molecular weight is 1730 g/mol. The highest BCUT2D eigenvalue weighted by Crippen LogP contribution is 2.55. The minimum Gasteiger partial charge on any atom is -0.780 e. The summed E-state index contributed by atoms with van der Waals surface area (Å²) in [4.78, 5) is 186. The minimum absolute atomic E-state index is 0.000689. The lowest BCUT2D eigenvalue weighted by atomic mass is 9.89. The summed E-state index contributed by atoms with van der Waals surface area (Å²) in [6.07, 6.45) is -16.0. The molecule has 5 unspecified atom stereocenters. The number of amides is 1. The van der Waals surface area contributed by atoms with Crippen LogP contribution in [-0.2, 0) is 144 Å². The van der Waals surface area contributed by atoms with E-state index in [1.807, 2.05) is 13.8 Å². The third-order valence-corrected chi connectivity index (χ3v) is 26.2. The van der Waals surface area contributed by atoms with Crippen molar-refractivity contribution in [3.05, 3.63) is 121 Å². The summed E-state index contributed by atoms with van der Waals surface area (Å²) >= 11 is 26.8. The predicted molar refractivity (Wildman–Crippen MR) is 391 cm³/mol. The topological polar surface area (TPSA) is 600 Å².